The highest BCUT2D eigenvalue weighted by Crippen LogP contribution is 2.29. The number of aromatic amines is 1. The molecule has 18 heavy (non-hydrogen) atoms. The molecule has 3 aromatic heterocycles. The highest BCUT2D eigenvalue weighted by Gasteiger charge is 2.13. The molecule has 0 amide bonds. The molecule has 0 spiro atoms. The summed E-state index contributed by atoms with van der Waals surface area (Å²) in [6, 6.07) is 3.63. The van der Waals surface area contributed by atoms with Crippen molar-refractivity contribution < 1.29 is 0 Å². The van der Waals surface area contributed by atoms with Crippen LogP contribution in [-0.4, -0.2) is 19.8 Å². The maximum atomic E-state index is 10.5. The Bertz CT molecular complexity index is 700. The van der Waals surface area contributed by atoms with Gasteiger partial charge in [-0.2, -0.15) is 15.1 Å². The van der Waals surface area contributed by atoms with E-state index in [4.69, 9.17) is 5.73 Å². The molecule has 3 heterocycles. The van der Waals surface area contributed by atoms with Crippen molar-refractivity contribution in [1.29, 1.82) is 0 Å². The Morgan fingerprint density at radius 3 is 3.00 bits per heavy atom. The maximum absolute atomic E-state index is 10.5. The number of hydrogen-bond donors (Lipinski definition) is 2. The molecule has 0 atom stereocenters. The van der Waals surface area contributed by atoms with E-state index in [1.807, 2.05) is 6.07 Å². The minimum Gasteiger partial charge on any atom is -0.384 e. The van der Waals surface area contributed by atoms with Gasteiger partial charge in [0.25, 0.3) is 0 Å². The van der Waals surface area contributed by atoms with Crippen LogP contribution in [0.2, 0.25) is 0 Å². The third kappa shape index (κ3) is 1.45. The number of nitrogens with two attached hydrogens (primary N) is 1. The first-order valence-corrected chi connectivity index (χ1v) is 5.34. The minimum atomic E-state index is 0.0646. The number of nitrogens with one attached hydrogen (secondary N) is 1. The van der Waals surface area contributed by atoms with Crippen molar-refractivity contribution in [3.63, 3.8) is 0 Å². The van der Waals surface area contributed by atoms with Gasteiger partial charge in [0.1, 0.15) is 12.4 Å². The summed E-state index contributed by atoms with van der Waals surface area (Å²) in [7, 11) is 0. The van der Waals surface area contributed by atoms with Crippen LogP contribution in [0.15, 0.2) is 35.9 Å². The first-order chi connectivity index (χ1) is 8.81. The zero-order valence-electron chi connectivity index (χ0n) is 9.37. The van der Waals surface area contributed by atoms with Crippen molar-refractivity contribution >= 4 is 11.3 Å². The molecular formula is C11H10N6O. The SMILES string of the molecule is Nc1ccc2c(-c3cn[nH]c3)c(CN=O)cnn12. The molecule has 0 fully saturated rings. The quantitative estimate of drug-likeness (QED) is 0.680. The van der Waals surface area contributed by atoms with E-state index in [1.165, 1.54) is 0 Å². The second kappa shape index (κ2) is 3.95. The van der Waals surface area contributed by atoms with Gasteiger partial charge in [-0.3, -0.25) is 5.10 Å². The van der Waals surface area contributed by atoms with Gasteiger partial charge in [-0.1, -0.05) is 5.18 Å². The Morgan fingerprint density at radius 1 is 1.39 bits per heavy atom. The molecule has 0 saturated carbocycles. The van der Waals surface area contributed by atoms with Crippen molar-refractivity contribution in [1.82, 2.24) is 19.8 Å². The molecule has 0 aliphatic carbocycles. The van der Waals surface area contributed by atoms with E-state index < -0.39 is 0 Å². The van der Waals surface area contributed by atoms with Gasteiger partial charge in [0.15, 0.2) is 0 Å². The number of aromatic nitrogens is 4. The van der Waals surface area contributed by atoms with E-state index in [0.717, 1.165) is 22.2 Å². The maximum Gasteiger partial charge on any atom is 0.125 e. The Kier molecular flexibility index (Phi) is 2.30. The lowest BCUT2D eigenvalue weighted by Gasteiger charge is -2.07. The Labute approximate surface area is 102 Å². The number of nitrogen functional groups attached to an aromatic ring is 1. The first kappa shape index (κ1) is 10.5. The zero-order valence-corrected chi connectivity index (χ0v) is 9.37. The standard InChI is InChI=1S/C11H10N6O/c12-10-2-1-9-11(7-3-13-14-4-7)8(6-16-18)5-15-17(9)10/h1-5H,6,12H2,(H,13,14). The van der Waals surface area contributed by atoms with Crippen LogP contribution in [0, 0.1) is 4.91 Å². The molecule has 0 aromatic carbocycles. The van der Waals surface area contributed by atoms with Crippen molar-refractivity contribution in [3.05, 3.63) is 41.2 Å². The number of hydrogen-bond acceptors (Lipinski definition) is 5. The predicted octanol–water partition coefficient (Wildman–Crippen LogP) is 1.57. The van der Waals surface area contributed by atoms with Gasteiger partial charge in [-0.15, -0.1) is 0 Å². The van der Waals surface area contributed by atoms with Crippen LogP contribution in [-0.2, 0) is 6.54 Å². The van der Waals surface area contributed by atoms with E-state index in [2.05, 4.69) is 20.5 Å². The average molecular weight is 242 g/mol. The van der Waals surface area contributed by atoms with Gasteiger partial charge in [0.05, 0.1) is 17.9 Å². The molecule has 0 radical (unpaired) electrons. The summed E-state index contributed by atoms with van der Waals surface area (Å²) >= 11 is 0. The Balaban J connectivity index is 2.35. The number of nitroso groups, excluding NO2 is 1. The number of rotatable bonds is 3. The molecule has 3 aromatic rings. The van der Waals surface area contributed by atoms with Crippen LogP contribution in [0.4, 0.5) is 5.82 Å². The first-order valence-electron chi connectivity index (χ1n) is 5.34. The fraction of sp³-hybridized carbons (Fsp3) is 0.0909. The number of fused-ring (bicyclic) bond motifs is 1. The van der Waals surface area contributed by atoms with Gasteiger partial charge < -0.3 is 5.73 Å². The van der Waals surface area contributed by atoms with Crippen LogP contribution < -0.4 is 5.73 Å². The monoisotopic (exact) mass is 242 g/mol. The van der Waals surface area contributed by atoms with E-state index in [9.17, 15) is 4.91 Å². The van der Waals surface area contributed by atoms with Crippen LogP contribution in [0.3, 0.4) is 0 Å². The summed E-state index contributed by atoms with van der Waals surface area (Å²) in [6.45, 7) is 0.0646. The van der Waals surface area contributed by atoms with Crippen molar-refractivity contribution in [3.8, 4) is 11.1 Å². The lowest BCUT2D eigenvalue weighted by Crippen LogP contribution is -2.01. The summed E-state index contributed by atoms with van der Waals surface area (Å²) in [5.74, 6) is 0.542. The van der Waals surface area contributed by atoms with E-state index >= 15 is 0 Å². The zero-order chi connectivity index (χ0) is 12.5. The lowest BCUT2D eigenvalue weighted by atomic mass is 10.0. The van der Waals surface area contributed by atoms with Gasteiger partial charge in [0, 0.05) is 22.9 Å². The van der Waals surface area contributed by atoms with Gasteiger partial charge in [-0.25, -0.2) is 4.52 Å². The fourth-order valence-electron chi connectivity index (χ4n) is 2.03. The molecule has 3 N–H and O–H groups in total. The highest BCUT2D eigenvalue weighted by molar-refractivity contribution is 5.83. The Hall–Kier alpha value is -2.70. The second-order valence-electron chi connectivity index (χ2n) is 3.87. The third-order valence-electron chi connectivity index (χ3n) is 2.81. The lowest BCUT2D eigenvalue weighted by molar-refractivity contribution is 0.920. The van der Waals surface area contributed by atoms with Crippen LogP contribution in [0.25, 0.3) is 16.6 Å². The molecule has 0 aliphatic heterocycles. The molecule has 0 aliphatic rings. The molecule has 90 valence electrons. The Morgan fingerprint density at radius 2 is 2.28 bits per heavy atom. The number of nitrogens with zero attached hydrogens (tertiary/aromatic N) is 4. The number of H-pyrrole nitrogens is 1. The fourth-order valence-corrected chi connectivity index (χ4v) is 2.03. The van der Waals surface area contributed by atoms with Gasteiger partial charge in [0.2, 0.25) is 0 Å². The van der Waals surface area contributed by atoms with E-state index in [0.29, 0.717) is 5.82 Å². The van der Waals surface area contributed by atoms with Crippen molar-refractivity contribution in [2.45, 2.75) is 6.54 Å². The molecule has 7 heteroatoms. The largest absolute Gasteiger partial charge is 0.384 e. The second-order valence-corrected chi connectivity index (χ2v) is 3.87. The van der Waals surface area contributed by atoms with Crippen LogP contribution >= 0.6 is 0 Å². The minimum absolute atomic E-state index is 0.0646. The van der Waals surface area contributed by atoms with Gasteiger partial charge in [-0.05, 0) is 12.1 Å². The molecule has 0 saturated heterocycles. The molecule has 7 nitrogen and oxygen atoms in total. The van der Waals surface area contributed by atoms with E-state index in [-0.39, 0.29) is 6.54 Å². The topological polar surface area (TPSA) is 101 Å². The average Bonchev–Trinajstić information content (AvgIpc) is 3.00. The normalized spacial score (nSPS) is 10.9. The van der Waals surface area contributed by atoms with Crippen molar-refractivity contribution in [2.24, 2.45) is 5.18 Å². The summed E-state index contributed by atoms with van der Waals surface area (Å²) in [5.41, 5.74) is 9.13. The van der Waals surface area contributed by atoms with Gasteiger partial charge >= 0.3 is 0 Å². The summed E-state index contributed by atoms with van der Waals surface area (Å²) < 4.78 is 1.62. The highest BCUT2D eigenvalue weighted by atomic mass is 16.3. The van der Waals surface area contributed by atoms with E-state index in [1.54, 1.807) is 29.2 Å². The predicted molar refractivity (Wildman–Crippen MR) is 66.7 cm³/mol. The van der Waals surface area contributed by atoms with Crippen molar-refractivity contribution in [2.75, 3.05) is 5.73 Å². The third-order valence-corrected chi connectivity index (χ3v) is 2.81. The molecular weight excluding hydrogens is 232 g/mol. The van der Waals surface area contributed by atoms with Crippen LogP contribution in [0.1, 0.15) is 5.56 Å². The molecule has 0 unspecified atom stereocenters. The summed E-state index contributed by atoms with van der Waals surface area (Å²) in [6.07, 6.45) is 5.05. The molecule has 3 rings (SSSR count). The smallest absolute Gasteiger partial charge is 0.125 e. The summed E-state index contributed by atoms with van der Waals surface area (Å²) in [5, 5.41) is 13.8. The van der Waals surface area contributed by atoms with Crippen LogP contribution in [0.5, 0.6) is 0 Å². The molecule has 0 bridgehead atoms. The summed E-state index contributed by atoms with van der Waals surface area (Å²) in [4.78, 5) is 10.5. The number of anilines is 1.